The minimum absolute atomic E-state index is 0.0555. The van der Waals surface area contributed by atoms with Gasteiger partial charge in [0.25, 0.3) is 5.56 Å². The number of carbonyl (C=O) groups excluding carboxylic acids is 1. The summed E-state index contributed by atoms with van der Waals surface area (Å²) in [5.74, 6) is 0.0555. The molecule has 0 N–H and O–H groups in total. The normalized spacial score (nSPS) is 14.0. The van der Waals surface area contributed by atoms with Crippen molar-refractivity contribution in [1.82, 2.24) is 19.1 Å². The molecule has 0 atom stereocenters. The van der Waals surface area contributed by atoms with Crippen molar-refractivity contribution in [3.63, 3.8) is 0 Å². The highest BCUT2D eigenvalue weighted by molar-refractivity contribution is 6.33. The third-order valence-electron chi connectivity index (χ3n) is 6.80. The number of fused-ring (bicyclic) bond motifs is 1. The number of para-hydroxylation sites is 1. The van der Waals surface area contributed by atoms with Gasteiger partial charge in [-0.15, -0.1) is 0 Å². The van der Waals surface area contributed by atoms with Gasteiger partial charge in [0, 0.05) is 57.1 Å². The molecule has 1 fully saturated rings. The third kappa shape index (κ3) is 4.68. The van der Waals surface area contributed by atoms with E-state index in [4.69, 9.17) is 11.6 Å². The fraction of sp³-hybridized carbons (Fsp3) is 0.296. The maximum Gasteiger partial charge on any atom is 0.276 e. The summed E-state index contributed by atoms with van der Waals surface area (Å²) in [7, 11) is 0. The van der Waals surface area contributed by atoms with Crippen LogP contribution in [0.1, 0.15) is 17.5 Å². The quantitative estimate of drug-likeness (QED) is 0.422. The van der Waals surface area contributed by atoms with Crippen molar-refractivity contribution in [3.8, 4) is 11.3 Å². The van der Waals surface area contributed by atoms with Crippen LogP contribution in [0.3, 0.4) is 0 Å². The number of hydrogen-bond acceptors (Lipinski definition) is 4. The highest BCUT2D eigenvalue weighted by Crippen LogP contribution is 2.26. The van der Waals surface area contributed by atoms with Gasteiger partial charge in [0.05, 0.1) is 16.4 Å². The number of aryl methyl sites for hydroxylation is 3. The predicted molar refractivity (Wildman–Crippen MR) is 139 cm³/mol. The summed E-state index contributed by atoms with van der Waals surface area (Å²) in [5, 5.41) is 5.30. The van der Waals surface area contributed by atoms with Gasteiger partial charge in [0.2, 0.25) is 5.91 Å². The van der Waals surface area contributed by atoms with Crippen LogP contribution in [0.2, 0.25) is 5.02 Å². The fourth-order valence-electron chi connectivity index (χ4n) is 4.52. The van der Waals surface area contributed by atoms with Crippen LogP contribution >= 0.6 is 11.6 Å². The first-order valence-electron chi connectivity index (χ1n) is 11.8. The standard InChI is InChI=1S/C27H28ClN5O2/c1-19-7-8-21(17-20(19)2)23-18-25-27(35)32(15-16-33(25)29-23)10-9-26(34)31-13-11-30(12-14-31)24-6-4-3-5-22(24)28/h3-8,15-18H,9-14H2,1-2H3. The number of piperazine rings is 1. The van der Waals surface area contributed by atoms with E-state index in [0.29, 0.717) is 25.2 Å². The van der Waals surface area contributed by atoms with E-state index in [-0.39, 0.29) is 17.9 Å². The van der Waals surface area contributed by atoms with Crippen LogP contribution in [0, 0.1) is 13.8 Å². The van der Waals surface area contributed by atoms with E-state index in [9.17, 15) is 9.59 Å². The largest absolute Gasteiger partial charge is 0.367 e. The highest BCUT2D eigenvalue weighted by atomic mass is 35.5. The number of rotatable bonds is 5. The van der Waals surface area contributed by atoms with Crippen LogP contribution < -0.4 is 10.5 Å². The summed E-state index contributed by atoms with van der Waals surface area (Å²) in [6.45, 7) is 7.22. The minimum Gasteiger partial charge on any atom is -0.367 e. The first-order valence-corrected chi connectivity index (χ1v) is 12.2. The second-order valence-electron chi connectivity index (χ2n) is 9.02. The van der Waals surface area contributed by atoms with E-state index in [1.807, 2.05) is 41.3 Å². The van der Waals surface area contributed by atoms with Crippen LogP contribution in [0.25, 0.3) is 16.8 Å². The molecule has 2 aromatic heterocycles. The van der Waals surface area contributed by atoms with E-state index >= 15 is 0 Å². The van der Waals surface area contributed by atoms with Gasteiger partial charge >= 0.3 is 0 Å². The number of hydrogen-bond donors (Lipinski definition) is 0. The van der Waals surface area contributed by atoms with Crippen molar-refractivity contribution >= 4 is 28.7 Å². The molecule has 0 radical (unpaired) electrons. The topological polar surface area (TPSA) is 62.9 Å². The summed E-state index contributed by atoms with van der Waals surface area (Å²) in [6, 6.07) is 15.8. The number of amides is 1. The van der Waals surface area contributed by atoms with Crippen molar-refractivity contribution in [2.75, 3.05) is 31.1 Å². The van der Waals surface area contributed by atoms with Gasteiger partial charge in [0.15, 0.2) is 0 Å². The van der Waals surface area contributed by atoms with E-state index in [2.05, 4.69) is 36.0 Å². The molecule has 0 spiro atoms. The molecule has 1 aliphatic heterocycles. The maximum atomic E-state index is 13.1. The van der Waals surface area contributed by atoms with Gasteiger partial charge in [-0.2, -0.15) is 5.10 Å². The van der Waals surface area contributed by atoms with Gasteiger partial charge in [-0.3, -0.25) is 9.59 Å². The zero-order valence-electron chi connectivity index (χ0n) is 19.9. The monoisotopic (exact) mass is 489 g/mol. The van der Waals surface area contributed by atoms with Crippen molar-refractivity contribution in [1.29, 1.82) is 0 Å². The Hall–Kier alpha value is -3.58. The Morgan fingerprint density at radius 3 is 2.49 bits per heavy atom. The molecule has 3 heterocycles. The Bertz CT molecular complexity index is 1450. The molecule has 8 heteroatoms. The van der Waals surface area contributed by atoms with Crippen molar-refractivity contribution in [2.24, 2.45) is 0 Å². The zero-order valence-corrected chi connectivity index (χ0v) is 20.7. The number of carbonyl (C=O) groups is 1. The first-order chi connectivity index (χ1) is 16.9. The summed E-state index contributed by atoms with van der Waals surface area (Å²) in [5.41, 5.74) is 5.50. The van der Waals surface area contributed by atoms with Crippen molar-refractivity contribution in [2.45, 2.75) is 26.8 Å². The van der Waals surface area contributed by atoms with E-state index in [1.54, 1.807) is 21.5 Å². The molecular weight excluding hydrogens is 462 g/mol. The Morgan fingerprint density at radius 2 is 1.74 bits per heavy atom. The summed E-state index contributed by atoms with van der Waals surface area (Å²) in [4.78, 5) is 30.0. The second-order valence-corrected chi connectivity index (χ2v) is 9.43. The number of nitrogens with zero attached hydrogens (tertiary/aromatic N) is 5. The molecule has 7 nitrogen and oxygen atoms in total. The lowest BCUT2D eigenvalue weighted by Crippen LogP contribution is -2.49. The number of aromatic nitrogens is 3. The smallest absolute Gasteiger partial charge is 0.276 e. The summed E-state index contributed by atoms with van der Waals surface area (Å²) in [6.07, 6.45) is 3.75. The number of anilines is 1. The predicted octanol–water partition coefficient (Wildman–Crippen LogP) is 4.17. The molecule has 180 valence electrons. The van der Waals surface area contributed by atoms with Crippen LogP contribution in [-0.2, 0) is 11.3 Å². The molecular formula is C27H28ClN5O2. The Balaban J connectivity index is 1.24. The maximum absolute atomic E-state index is 13.1. The van der Waals surface area contributed by atoms with Crippen LogP contribution in [0.15, 0.2) is 65.7 Å². The highest BCUT2D eigenvalue weighted by Gasteiger charge is 2.22. The van der Waals surface area contributed by atoms with Gasteiger partial charge in [-0.05, 0) is 49.2 Å². The third-order valence-corrected chi connectivity index (χ3v) is 7.12. The first kappa shape index (κ1) is 23.2. The molecule has 1 aliphatic rings. The van der Waals surface area contributed by atoms with Crippen LogP contribution in [-0.4, -0.2) is 51.2 Å². The van der Waals surface area contributed by atoms with E-state index in [0.717, 1.165) is 35.1 Å². The number of benzene rings is 2. The lowest BCUT2D eigenvalue weighted by atomic mass is 10.0. The zero-order chi connectivity index (χ0) is 24.5. The molecule has 0 saturated carbocycles. The Labute approximate surface area is 209 Å². The minimum atomic E-state index is -0.147. The molecule has 0 bridgehead atoms. The molecule has 0 unspecified atom stereocenters. The van der Waals surface area contributed by atoms with Crippen molar-refractivity contribution < 1.29 is 4.79 Å². The SMILES string of the molecule is Cc1ccc(-c2cc3c(=O)n(CCC(=O)N4CCN(c5ccccc5Cl)CC4)ccn3n2)cc1C. The second kappa shape index (κ2) is 9.58. The molecule has 0 aliphatic carbocycles. The Morgan fingerprint density at radius 1 is 0.971 bits per heavy atom. The van der Waals surface area contributed by atoms with Crippen LogP contribution in [0.4, 0.5) is 5.69 Å². The number of halogens is 1. The van der Waals surface area contributed by atoms with Crippen molar-refractivity contribution in [3.05, 3.63) is 87.4 Å². The summed E-state index contributed by atoms with van der Waals surface area (Å²) < 4.78 is 3.21. The molecule has 4 aromatic rings. The fourth-order valence-corrected chi connectivity index (χ4v) is 4.78. The lowest BCUT2D eigenvalue weighted by molar-refractivity contribution is -0.131. The summed E-state index contributed by atoms with van der Waals surface area (Å²) >= 11 is 6.32. The van der Waals surface area contributed by atoms with E-state index in [1.165, 1.54) is 11.1 Å². The van der Waals surface area contributed by atoms with Gasteiger partial charge in [-0.25, -0.2) is 4.52 Å². The average Bonchev–Trinajstić information content (AvgIpc) is 3.31. The molecule has 1 amide bonds. The van der Waals surface area contributed by atoms with Gasteiger partial charge in [-0.1, -0.05) is 35.9 Å². The van der Waals surface area contributed by atoms with E-state index < -0.39 is 0 Å². The van der Waals surface area contributed by atoms with Gasteiger partial charge in [0.1, 0.15) is 5.52 Å². The lowest BCUT2D eigenvalue weighted by Gasteiger charge is -2.36. The molecule has 1 saturated heterocycles. The van der Waals surface area contributed by atoms with Gasteiger partial charge < -0.3 is 14.4 Å². The molecule has 35 heavy (non-hydrogen) atoms. The molecule has 2 aromatic carbocycles. The average molecular weight is 490 g/mol. The van der Waals surface area contributed by atoms with Crippen LogP contribution in [0.5, 0.6) is 0 Å². The Kier molecular flexibility index (Phi) is 6.34. The molecule has 5 rings (SSSR count).